The van der Waals surface area contributed by atoms with Crippen molar-refractivity contribution in [3.05, 3.63) is 58.3 Å². The summed E-state index contributed by atoms with van der Waals surface area (Å²) in [6.07, 6.45) is 1.94. The van der Waals surface area contributed by atoms with Crippen molar-refractivity contribution in [3.8, 4) is 0 Å². The number of rotatable bonds is 4. The van der Waals surface area contributed by atoms with E-state index in [-0.39, 0.29) is 24.1 Å². The predicted octanol–water partition coefficient (Wildman–Crippen LogP) is 3.92. The van der Waals surface area contributed by atoms with E-state index in [9.17, 15) is 17.6 Å². The van der Waals surface area contributed by atoms with E-state index in [2.05, 4.69) is 15.9 Å². The van der Waals surface area contributed by atoms with Gasteiger partial charge < -0.3 is 4.90 Å². The second-order valence-corrected chi connectivity index (χ2v) is 10.9. The number of urea groups is 1. The van der Waals surface area contributed by atoms with E-state index in [4.69, 9.17) is 0 Å². The molecular formula is C19H18BrFN2O3S2. The zero-order chi connectivity index (χ0) is 20.1. The highest BCUT2D eigenvalue weighted by Crippen LogP contribution is 2.37. The largest absolute Gasteiger partial charge is 0.325 e. The number of hydrogen-bond donors (Lipinski definition) is 0. The number of sulfone groups is 1. The lowest BCUT2D eigenvalue weighted by atomic mass is 10.1. The molecule has 2 aromatic rings. The Bertz CT molecular complexity index is 1050. The summed E-state index contributed by atoms with van der Waals surface area (Å²) in [5, 5.41) is 0. The van der Waals surface area contributed by atoms with E-state index in [0.29, 0.717) is 15.7 Å². The summed E-state index contributed by atoms with van der Waals surface area (Å²) in [5.41, 5.74) is 1.03. The number of fused-ring (bicyclic) bond motifs is 1. The quantitative estimate of drug-likeness (QED) is 0.487. The fourth-order valence-corrected chi connectivity index (χ4v) is 6.59. The molecule has 2 aliphatic rings. The Hall–Kier alpha value is -1.58. The average Bonchev–Trinajstić information content (AvgIpc) is 3.07. The van der Waals surface area contributed by atoms with Crippen molar-refractivity contribution in [1.29, 1.82) is 0 Å². The van der Waals surface area contributed by atoms with Crippen molar-refractivity contribution in [2.75, 3.05) is 22.7 Å². The molecule has 0 saturated carbocycles. The fraction of sp³-hybridized carbons (Fsp3) is 0.316. The fourth-order valence-electron chi connectivity index (χ4n) is 3.86. The summed E-state index contributed by atoms with van der Waals surface area (Å²) in [4.78, 5) is 17.3. The van der Waals surface area contributed by atoms with E-state index in [1.807, 2.05) is 30.5 Å². The van der Waals surface area contributed by atoms with Crippen LogP contribution in [0.1, 0.15) is 5.56 Å². The Morgan fingerprint density at radius 2 is 1.93 bits per heavy atom. The number of carbonyl (C=O) groups excluding carboxylic acids is 1. The van der Waals surface area contributed by atoms with E-state index >= 15 is 0 Å². The minimum Gasteiger partial charge on any atom is -0.314 e. The van der Waals surface area contributed by atoms with Crippen LogP contribution in [0.5, 0.6) is 0 Å². The molecule has 2 heterocycles. The van der Waals surface area contributed by atoms with Crippen LogP contribution < -0.4 is 4.90 Å². The summed E-state index contributed by atoms with van der Waals surface area (Å²) in [6.45, 7) is 0.0351. The molecule has 9 heteroatoms. The number of amides is 2. The Balaban J connectivity index is 1.72. The number of hydrogen-bond acceptors (Lipinski definition) is 4. The van der Waals surface area contributed by atoms with Gasteiger partial charge in [0.25, 0.3) is 0 Å². The first-order chi connectivity index (χ1) is 13.3. The first-order valence-electron chi connectivity index (χ1n) is 8.67. The van der Waals surface area contributed by atoms with Crippen LogP contribution in [0.3, 0.4) is 0 Å². The molecule has 28 heavy (non-hydrogen) atoms. The average molecular weight is 485 g/mol. The minimum atomic E-state index is -3.27. The maximum Gasteiger partial charge on any atom is 0.325 e. The molecule has 2 aliphatic heterocycles. The summed E-state index contributed by atoms with van der Waals surface area (Å²) in [5.74, 6) is -0.602. The molecular weight excluding hydrogens is 467 g/mol. The minimum absolute atomic E-state index is 0.0351. The van der Waals surface area contributed by atoms with Crippen LogP contribution >= 0.6 is 27.7 Å². The molecule has 0 spiro atoms. The molecule has 148 valence electrons. The van der Waals surface area contributed by atoms with Gasteiger partial charge in [-0.05, 0) is 36.6 Å². The molecule has 0 aliphatic carbocycles. The van der Waals surface area contributed by atoms with Crippen molar-refractivity contribution in [2.45, 2.75) is 23.5 Å². The van der Waals surface area contributed by atoms with Gasteiger partial charge in [-0.2, -0.15) is 0 Å². The first-order valence-corrected chi connectivity index (χ1v) is 12.5. The number of halogens is 2. The van der Waals surface area contributed by atoms with Crippen molar-refractivity contribution in [1.82, 2.24) is 4.90 Å². The van der Waals surface area contributed by atoms with Gasteiger partial charge in [0.1, 0.15) is 5.82 Å². The topological polar surface area (TPSA) is 57.7 Å². The first kappa shape index (κ1) is 19.7. The van der Waals surface area contributed by atoms with Gasteiger partial charge in [0.15, 0.2) is 9.84 Å². The normalized spacial score (nSPS) is 23.3. The lowest BCUT2D eigenvalue weighted by Crippen LogP contribution is -2.37. The Kier molecular flexibility index (Phi) is 5.18. The third-order valence-corrected chi connectivity index (χ3v) is 8.08. The zero-order valence-corrected chi connectivity index (χ0v) is 18.2. The van der Waals surface area contributed by atoms with Crippen molar-refractivity contribution >= 4 is 49.2 Å². The molecule has 0 unspecified atom stereocenters. The van der Waals surface area contributed by atoms with Crippen LogP contribution in [0.25, 0.3) is 0 Å². The van der Waals surface area contributed by atoms with Gasteiger partial charge >= 0.3 is 6.03 Å². The lowest BCUT2D eigenvalue weighted by Gasteiger charge is -2.23. The van der Waals surface area contributed by atoms with Gasteiger partial charge in [0, 0.05) is 20.6 Å². The predicted molar refractivity (Wildman–Crippen MR) is 112 cm³/mol. The summed E-state index contributed by atoms with van der Waals surface area (Å²) in [6, 6.07) is 10.9. The molecule has 2 fully saturated rings. The zero-order valence-electron chi connectivity index (χ0n) is 15.0. The van der Waals surface area contributed by atoms with Crippen LogP contribution in [0.4, 0.5) is 14.9 Å². The third kappa shape index (κ3) is 3.55. The molecule has 0 radical (unpaired) electrons. The lowest BCUT2D eigenvalue weighted by molar-refractivity contribution is 0.205. The summed E-state index contributed by atoms with van der Waals surface area (Å²) >= 11 is 4.78. The maximum atomic E-state index is 14.3. The highest BCUT2D eigenvalue weighted by atomic mass is 79.9. The van der Waals surface area contributed by atoms with Gasteiger partial charge in [-0.15, -0.1) is 11.8 Å². The monoisotopic (exact) mass is 484 g/mol. The number of anilines is 1. The van der Waals surface area contributed by atoms with Gasteiger partial charge in [-0.3, -0.25) is 4.90 Å². The van der Waals surface area contributed by atoms with Crippen molar-refractivity contribution < 1.29 is 17.6 Å². The smallest absolute Gasteiger partial charge is 0.314 e. The summed E-state index contributed by atoms with van der Waals surface area (Å²) < 4.78 is 39.6. The Labute approximate surface area is 175 Å². The SMILES string of the molecule is CSc1cccc(N2C(=O)N(Cc3ccc(Br)cc3F)[C@@H]3CS(=O)(=O)C[C@H]32)c1. The third-order valence-electron chi connectivity index (χ3n) is 5.16. The number of carbonyl (C=O) groups is 1. The molecule has 0 N–H and O–H groups in total. The van der Waals surface area contributed by atoms with Crippen molar-refractivity contribution in [3.63, 3.8) is 0 Å². The van der Waals surface area contributed by atoms with Crippen LogP contribution in [-0.2, 0) is 16.4 Å². The van der Waals surface area contributed by atoms with Gasteiger partial charge in [0.05, 0.1) is 30.1 Å². The van der Waals surface area contributed by atoms with Crippen LogP contribution in [0.2, 0.25) is 0 Å². The molecule has 2 amide bonds. The molecule has 0 aromatic heterocycles. The van der Waals surface area contributed by atoms with E-state index in [0.717, 1.165) is 4.90 Å². The number of nitrogens with zero attached hydrogens (tertiary/aromatic N) is 2. The number of benzene rings is 2. The highest BCUT2D eigenvalue weighted by molar-refractivity contribution is 9.10. The van der Waals surface area contributed by atoms with Crippen LogP contribution in [0.15, 0.2) is 51.8 Å². The second kappa shape index (κ2) is 7.35. The van der Waals surface area contributed by atoms with Gasteiger partial charge in [-0.25, -0.2) is 17.6 Å². The Morgan fingerprint density at radius 1 is 1.18 bits per heavy atom. The van der Waals surface area contributed by atoms with E-state index < -0.39 is 27.7 Å². The van der Waals surface area contributed by atoms with E-state index in [1.165, 1.54) is 11.0 Å². The number of thioether (sulfide) groups is 1. The molecule has 2 aromatic carbocycles. The Morgan fingerprint density at radius 3 is 2.64 bits per heavy atom. The maximum absolute atomic E-state index is 14.3. The van der Waals surface area contributed by atoms with Gasteiger partial charge in [0.2, 0.25) is 0 Å². The highest BCUT2D eigenvalue weighted by Gasteiger charge is 2.53. The second-order valence-electron chi connectivity index (χ2n) is 6.93. The van der Waals surface area contributed by atoms with E-state index in [1.54, 1.807) is 28.8 Å². The molecule has 2 atom stereocenters. The molecule has 2 saturated heterocycles. The molecule has 5 nitrogen and oxygen atoms in total. The van der Waals surface area contributed by atoms with Crippen molar-refractivity contribution in [2.24, 2.45) is 0 Å². The summed E-state index contributed by atoms with van der Waals surface area (Å²) in [7, 11) is -3.27. The van der Waals surface area contributed by atoms with Crippen LogP contribution in [0, 0.1) is 5.82 Å². The molecule has 0 bridgehead atoms. The van der Waals surface area contributed by atoms with Crippen LogP contribution in [-0.4, -0.2) is 49.2 Å². The molecule has 4 rings (SSSR count). The standard InChI is InChI=1S/C19H18BrFN2O3S2/c1-27-15-4-2-3-14(8-15)23-18-11-28(25,26)10-17(18)22(19(23)24)9-12-5-6-13(20)7-16(12)21/h2-8,17-18H,9-11H2,1H3/t17-,18-/m1/s1. The van der Waals surface area contributed by atoms with Gasteiger partial charge in [-0.1, -0.05) is 28.1 Å².